The molecular weight excluding hydrogens is 240 g/mol. The van der Waals surface area contributed by atoms with Crippen LogP contribution in [-0.2, 0) is 9.53 Å². The van der Waals surface area contributed by atoms with Gasteiger partial charge < -0.3 is 9.84 Å². The van der Waals surface area contributed by atoms with E-state index in [4.69, 9.17) is 9.84 Å². The number of aliphatic hydroxyl groups is 1. The summed E-state index contributed by atoms with van der Waals surface area (Å²) in [5, 5.41) is 8.69. The number of hydrogen-bond donors (Lipinski definition) is 1. The quantitative estimate of drug-likeness (QED) is 0.796. The van der Waals surface area contributed by atoms with E-state index in [1.165, 1.54) is 51.4 Å². The molecule has 2 aliphatic rings. The lowest BCUT2D eigenvalue weighted by atomic mass is 9.89. The minimum absolute atomic E-state index is 0.0206. The van der Waals surface area contributed by atoms with E-state index >= 15 is 0 Å². The third-order valence-electron chi connectivity index (χ3n) is 4.21. The van der Waals surface area contributed by atoms with Crippen LogP contribution in [-0.4, -0.2) is 24.3 Å². The molecule has 0 radical (unpaired) electrons. The second kappa shape index (κ2) is 10.2. The van der Waals surface area contributed by atoms with Crippen molar-refractivity contribution in [2.45, 2.75) is 71.1 Å². The third-order valence-corrected chi connectivity index (χ3v) is 4.21. The highest BCUT2D eigenvalue weighted by Crippen LogP contribution is 2.24. The first-order chi connectivity index (χ1) is 9.27. The van der Waals surface area contributed by atoms with Crippen LogP contribution in [0.4, 0.5) is 0 Å². The standard InChI is InChI=1S/C9H16O2.C7H14O/c1-2-11-9(10)8-6-4-3-5-7-8;8-6-7-4-2-1-3-5-7/h8H,2-7H2,1H3;7-8H,1-6H2. The van der Waals surface area contributed by atoms with Crippen LogP contribution in [0.2, 0.25) is 0 Å². The molecule has 0 saturated heterocycles. The molecule has 1 N–H and O–H groups in total. The highest BCUT2D eigenvalue weighted by Gasteiger charge is 2.21. The fourth-order valence-corrected chi connectivity index (χ4v) is 2.97. The van der Waals surface area contributed by atoms with Gasteiger partial charge in [0.25, 0.3) is 0 Å². The predicted molar refractivity (Wildman–Crippen MR) is 76.9 cm³/mol. The van der Waals surface area contributed by atoms with E-state index in [9.17, 15) is 4.79 Å². The Bertz CT molecular complexity index is 228. The number of aliphatic hydroxyl groups excluding tert-OH is 1. The van der Waals surface area contributed by atoms with E-state index in [1.54, 1.807) is 0 Å². The van der Waals surface area contributed by atoms with Crippen molar-refractivity contribution in [2.75, 3.05) is 13.2 Å². The molecule has 0 aromatic rings. The van der Waals surface area contributed by atoms with Gasteiger partial charge in [-0.25, -0.2) is 0 Å². The number of carbonyl (C=O) groups excluding carboxylic acids is 1. The molecule has 0 spiro atoms. The zero-order chi connectivity index (χ0) is 13.9. The lowest BCUT2D eigenvalue weighted by molar-refractivity contribution is -0.149. The van der Waals surface area contributed by atoms with E-state index in [0.717, 1.165) is 12.8 Å². The Kier molecular flexibility index (Phi) is 8.89. The minimum Gasteiger partial charge on any atom is -0.466 e. The summed E-state index contributed by atoms with van der Waals surface area (Å²) in [7, 11) is 0. The topological polar surface area (TPSA) is 46.5 Å². The second-order valence-corrected chi connectivity index (χ2v) is 5.77. The van der Waals surface area contributed by atoms with Crippen LogP contribution in [0.5, 0.6) is 0 Å². The Hall–Kier alpha value is -0.570. The fraction of sp³-hybridized carbons (Fsp3) is 0.938. The number of ether oxygens (including phenoxy) is 1. The molecule has 0 aromatic heterocycles. The van der Waals surface area contributed by atoms with Crippen molar-refractivity contribution in [1.82, 2.24) is 0 Å². The van der Waals surface area contributed by atoms with Crippen LogP contribution in [0.3, 0.4) is 0 Å². The number of rotatable bonds is 3. The summed E-state index contributed by atoms with van der Waals surface area (Å²) in [6, 6.07) is 0. The van der Waals surface area contributed by atoms with Crippen LogP contribution in [0, 0.1) is 11.8 Å². The molecule has 3 heteroatoms. The summed E-state index contributed by atoms with van der Waals surface area (Å²) in [6.07, 6.45) is 12.3. The summed E-state index contributed by atoms with van der Waals surface area (Å²) >= 11 is 0. The first kappa shape index (κ1) is 16.5. The Balaban J connectivity index is 0.000000200. The van der Waals surface area contributed by atoms with Crippen molar-refractivity contribution >= 4 is 5.97 Å². The first-order valence-corrected chi connectivity index (χ1v) is 8.05. The molecule has 2 aliphatic carbocycles. The maximum absolute atomic E-state index is 11.2. The van der Waals surface area contributed by atoms with E-state index < -0.39 is 0 Å². The highest BCUT2D eigenvalue weighted by molar-refractivity contribution is 5.72. The van der Waals surface area contributed by atoms with Gasteiger partial charge in [0.1, 0.15) is 0 Å². The van der Waals surface area contributed by atoms with Crippen molar-refractivity contribution in [1.29, 1.82) is 0 Å². The van der Waals surface area contributed by atoms with Gasteiger partial charge in [0.2, 0.25) is 0 Å². The normalized spacial score (nSPS) is 21.4. The molecule has 19 heavy (non-hydrogen) atoms. The van der Waals surface area contributed by atoms with Crippen LogP contribution in [0.25, 0.3) is 0 Å². The summed E-state index contributed by atoms with van der Waals surface area (Å²) in [5.74, 6) is 0.875. The number of esters is 1. The lowest BCUT2D eigenvalue weighted by Gasteiger charge is -2.19. The molecule has 2 rings (SSSR count). The molecule has 112 valence electrons. The summed E-state index contributed by atoms with van der Waals surface area (Å²) in [5.41, 5.74) is 0. The maximum Gasteiger partial charge on any atom is 0.308 e. The number of carbonyl (C=O) groups is 1. The summed E-state index contributed by atoms with van der Waals surface area (Å²) < 4.78 is 4.94. The van der Waals surface area contributed by atoms with Crippen molar-refractivity contribution in [3.8, 4) is 0 Å². The van der Waals surface area contributed by atoms with E-state index in [1.807, 2.05) is 6.92 Å². The Labute approximate surface area is 117 Å². The second-order valence-electron chi connectivity index (χ2n) is 5.77. The molecule has 0 unspecified atom stereocenters. The molecule has 0 atom stereocenters. The van der Waals surface area contributed by atoms with Gasteiger partial charge in [0, 0.05) is 6.61 Å². The van der Waals surface area contributed by atoms with E-state index in [-0.39, 0.29) is 11.9 Å². The number of hydrogen-bond acceptors (Lipinski definition) is 3. The molecule has 0 heterocycles. The highest BCUT2D eigenvalue weighted by atomic mass is 16.5. The zero-order valence-corrected chi connectivity index (χ0v) is 12.4. The molecule has 2 fully saturated rings. The van der Waals surface area contributed by atoms with Crippen LogP contribution in [0.1, 0.15) is 71.1 Å². The third kappa shape index (κ3) is 6.95. The van der Waals surface area contributed by atoms with E-state index in [2.05, 4.69) is 0 Å². The molecule has 3 nitrogen and oxygen atoms in total. The fourth-order valence-electron chi connectivity index (χ4n) is 2.97. The SMILES string of the molecule is CCOC(=O)C1CCCCC1.OCC1CCCCC1. The smallest absolute Gasteiger partial charge is 0.308 e. The van der Waals surface area contributed by atoms with Gasteiger partial charge in [-0.15, -0.1) is 0 Å². The zero-order valence-electron chi connectivity index (χ0n) is 12.4. The van der Waals surface area contributed by atoms with Crippen molar-refractivity contribution in [2.24, 2.45) is 11.8 Å². The maximum atomic E-state index is 11.2. The molecule has 2 saturated carbocycles. The average molecular weight is 270 g/mol. The molecule has 0 amide bonds. The Morgan fingerprint density at radius 1 is 1.00 bits per heavy atom. The first-order valence-electron chi connectivity index (χ1n) is 8.05. The van der Waals surface area contributed by atoms with Crippen LogP contribution < -0.4 is 0 Å². The van der Waals surface area contributed by atoms with Crippen molar-refractivity contribution < 1.29 is 14.6 Å². The molecule has 0 aliphatic heterocycles. The van der Waals surface area contributed by atoms with E-state index in [0.29, 0.717) is 19.1 Å². The predicted octanol–water partition coefficient (Wildman–Crippen LogP) is 3.69. The van der Waals surface area contributed by atoms with Crippen molar-refractivity contribution in [3.05, 3.63) is 0 Å². The molecule has 0 aromatic carbocycles. The monoisotopic (exact) mass is 270 g/mol. The summed E-state index contributed by atoms with van der Waals surface area (Å²) in [4.78, 5) is 11.2. The van der Waals surface area contributed by atoms with Crippen LogP contribution >= 0.6 is 0 Å². The summed E-state index contributed by atoms with van der Waals surface area (Å²) in [6.45, 7) is 2.80. The van der Waals surface area contributed by atoms with Gasteiger partial charge >= 0.3 is 5.97 Å². The van der Waals surface area contributed by atoms with Gasteiger partial charge in [-0.05, 0) is 38.5 Å². The molecule has 0 bridgehead atoms. The van der Waals surface area contributed by atoms with Crippen molar-refractivity contribution in [3.63, 3.8) is 0 Å². The average Bonchev–Trinajstić information content (AvgIpc) is 2.50. The largest absolute Gasteiger partial charge is 0.466 e. The van der Waals surface area contributed by atoms with Gasteiger partial charge in [-0.3, -0.25) is 4.79 Å². The lowest BCUT2D eigenvalue weighted by Crippen LogP contribution is -2.20. The van der Waals surface area contributed by atoms with Gasteiger partial charge in [-0.2, -0.15) is 0 Å². The minimum atomic E-state index is 0.0206. The Morgan fingerprint density at radius 3 is 1.95 bits per heavy atom. The van der Waals surface area contributed by atoms with Gasteiger partial charge in [0.05, 0.1) is 12.5 Å². The molecular formula is C16H30O3. The van der Waals surface area contributed by atoms with Gasteiger partial charge in [0.15, 0.2) is 0 Å². The van der Waals surface area contributed by atoms with Gasteiger partial charge in [-0.1, -0.05) is 38.5 Å². The Morgan fingerprint density at radius 2 is 1.53 bits per heavy atom. The van der Waals surface area contributed by atoms with Crippen LogP contribution in [0.15, 0.2) is 0 Å².